The normalized spacial score (nSPS) is 47.5. The molecule has 2 heteroatoms. The lowest BCUT2D eigenvalue weighted by atomic mass is 9.59. The summed E-state index contributed by atoms with van der Waals surface area (Å²) in [6.07, 6.45) is 8.28. The molecule has 0 aromatic carbocycles. The zero-order valence-corrected chi connectivity index (χ0v) is 7.88. The maximum absolute atomic E-state index is 5.87. The molecule has 1 spiro atoms. The van der Waals surface area contributed by atoms with E-state index in [1.54, 1.807) is 0 Å². The van der Waals surface area contributed by atoms with Crippen LogP contribution in [0.4, 0.5) is 0 Å². The number of nitrogens with two attached hydrogens (primary N) is 1. The molecule has 0 aliphatic heterocycles. The van der Waals surface area contributed by atoms with Gasteiger partial charge < -0.3 is 10.5 Å². The average Bonchev–Trinajstić information content (AvgIpc) is 2.02. The first-order valence-electron chi connectivity index (χ1n) is 5.02. The topological polar surface area (TPSA) is 35.2 Å². The molecule has 2 N–H and O–H groups in total. The fourth-order valence-electron chi connectivity index (χ4n) is 2.73. The Bertz CT molecular complexity index is 146. The van der Waals surface area contributed by atoms with Crippen LogP contribution in [0.3, 0.4) is 0 Å². The molecule has 0 amide bonds. The molecule has 0 aromatic heterocycles. The predicted molar refractivity (Wildman–Crippen MR) is 48.9 cm³/mol. The van der Waals surface area contributed by atoms with Crippen molar-refractivity contribution in [1.82, 2.24) is 0 Å². The molecule has 2 rings (SSSR count). The minimum atomic E-state index is 0.484. The molecular weight excluding hydrogens is 150 g/mol. The van der Waals surface area contributed by atoms with Crippen molar-refractivity contribution < 1.29 is 4.74 Å². The van der Waals surface area contributed by atoms with E-state index in [0.29, 0.717) is 17.6 Å². The van der Waals surface area contributed by atoms with Crippen LogP contribution in [0.2, 0.25) is 0 Å². The van der Waals surface area contributed by atoms with Crippen LogP contribution in [0.5, 0.6) is 0 Å². The highest BCUT2D eigenvalue weighted by Gasteiger charge is 2.45. The summed E-state index contributed by atoms with van der Waals surface area (Å²) in [5, 5.41) is 0. The quantitative estimate of drug-likeness (QED) is 0.648. The largest absolute Gasteiger partial charge is 0.381 e. The van der Waals surface area contributed by atoms with Gasteiger partial charge in [-0.1, -0.05) is 0 Å². The fourth-order valence-corrected chi connectivity index (χ4v) is 2.73. The van der Waals surface area contributed by atoms with E-state index in [4.69, 9.17) is 10.5 Å². The third kappa shape index (κ3) is 1.38. The van der Waals surface area contributed by atoms with Gasteiger partial charge in [-0.05, 0) is 43.9 Å². The first-order valence-corrected chi connectivity index (χ1v) is 5.02. The Morgan fingerprint density at radius 1 is 1.25 bits per heavy atom. The summed E-state index contributed by atoms with van der Waals surface area (Å²) in [4.78, 5) is 0. The van der Waals surface area contributed by atoms with Crippen molar-refractivity contribution in [3.8, 4) is 0 Å². The molecule has 0 atom stereocenters. The minimum absolute atomic E-state index is 0.484. The molecule has 0 bridgehead atoms. The molecule has 0 aromatic rings. The van der Waals surface area contributed by atoms with Gasteiger partial charge in [-0.25, -0.2) is 0 Å². The summed E-state index contributed by atoms with van der Waals surface area (Å²) in [5.41, 5.74) is 6.52. The van der Waals surface area contributed by atoms with Crippen molar-refractivity contribution >= 4 is 0 Å². The van der Waals surface area contributed by atoms with E-state index in [2.05, 4.69) is 0 Å². The Morgan fingerprint density at radius 2 is 1.83 bits per heavy atom. The zero-order chi connectivity index (χ0) is 8.60. The highest BCUT2D eigenvalue weighted by Crippen LogP contribution is 2.52. The van der Waals surface area contributed by atoms with Gasteiger partial charge in [0, 0.05) is 13.2 Å². The highest BCUT2D eigenvalue weighted by atomic mass is 16.5. The minimum Gasteiger partial charge on any atom is -0.381 e. The number of ether oxygens (including phenoxy) is 1. The summed E-state index contributed by atoms with van der Waals surface area (Å²) < 4.78 is 5.31. The highest BCUT2D eigenvalue weighted by molar-refractivity contribution is 4.97. The van der Waals surface area contributed by atoms with Gasteiger partial charge in [0.1, 0.15) is 0 Å². The van der Waals surface area contributed by atoms with Crippen molar-refractivity contribution in [1.29, 1.82) is 0 Å². The number of rotatable bonds is 1. The van der Waals surface area contributed by atoms with Crippen molar-refractivity contribution in [3.63, 3.8) is 0 Å². The lowest BCUT2D eigenvalue weighted by Gasteiger charge is -2.50. The molecule has 0 unspecified atom stereocenters. The maximum Gasteiger partial charge on any atom is 0.0582 e. The van der Waals surface area contributed by atoms with E-state index in [9.17, 15) is 0 Å². The summed E-state index contributed by atoms with van der Waals surface area (Å²) >= 11 is 0. The van der Waals surface area contributed by atoms with Gasteiger partial charge in [-0.2, -0.15) is 0 Å². The van der Waals surface area contributed by atoms with Gasteiger partial charge >= 0.3 is 0 Å². The van der Waals surface area contributed by atoms with Gasteiger partial charge in [0.2, 0.25) is 0 Å². The molecule has 2 nitrogen and oxygen atoms in total. The van der Waals surface area contributed by atoms with E-state index in [1.807, 2.05) is 7.11 Å². The smallest absolute Gasteiger partial charge is 0.0582 e. The standard InChI is InChI=1S/C10H19NO/c1-12-9-6-10(7-9)4-2-8(11)3-5-10/h8-9H,2-7,11H2,1H3. The number of hydrogen-bond acceptors (Lipinski definition) is 2. The lowest BCUT2D eigenvalue weighted by Crippen LogP contribution is -2.46. The molecule has 70 valence electrons. The Morgan fingerprint density at radius 3 is 2.33 bits per heavy atom. The summed E-state index contributed by atoms with van der Waals surface area (Å²) in [6.45, 7) is 0. The summed E-state index contributed by atoms with van der Waals surface area (Å²) in [5.74, 6) is 0. The average molecular weight is 169 g/mol. The first kappa shape index (κ1) is 8.52. The van der Waals surface area contributed by atoms with Crippen LogP contribution in [0, 0.1) is 5.41 Å². The van der Waals surface area contributed by atoms with Crippen LogP contribution in [-0.2, 0) is 4.74 Å². The number of methoxy groups -OCH3 is 1. The maximum atomic E-state index is 5.87. The molecule has 2 aliphatic carbocycles. The van der Waals surface area contributed by atoms with Crippen LogP contribution in [-0.4, -0.2) is 19.3 Å². The van der Waals surface area contributed by atoms with E-state index >= 15 is 0 Å². The van der Waals surface area contributed by atoms with Crippen LogP contribution in [0.15, 0.2) is 0 Å². The molecule has 2 saturated carbocycles. The van der Waals surface area contributed by atoms with Gasteiger partial charge in [0.25, 0.3) is 0 Å². The van der Waals surface area contributed by atoms with Crippen molar-refractivity contribution in [2.45, 2.75) is 50.7 Å². The van der Waals surface area contributed by atoms with Gasteiger partial charge in [0.05, 0.1) is 6.10 Å². The molecule has 0 heterocycles. The SMILES string of the molecule is COC1CC2(CCC(N)CC2)C1. The van der Waals surface area contributed by atoms with E-state index in [1.165, 1.54) is 38.5 Å². The second-order valence-corrected chi connectivity index (χ2v) is 4.60. The zero-order valence-electron chi connectivity index (χ0n) is 7.88. The summed E-state index contributed by atoms with van der Waals surface area (Å²) in [6, 6.07) is 0.484. The van der Waals surface area contributed by atoms with Crippen LogP contribution >= 0.6 is 0 Å². The van der Waals surface area contributed by atoms with Crippen LogP contribution < -0.4 is 5.73 Å². The second kappa shape index (κ2) is 3.00. The third-order valence-electron chi connectivity index (χ3n) is 3.75. The Balaban J connectivity index is 1.83. The fraction of sp³-hybridized carbons (Fsp3) is 1.00. The Kier molecular flexibility index (Phi) is 2.13. The molecule has 2 fully saturated rings. The Labute approximate surface area is 74.5 Å². The van der Waals surface area contributed by atoms with E-state index < -0.39 is 0 Å². The van der Waals surface area contributed by atoms with Crippen molar-refractivity contribution in [2.24, 2.45) is 11.1 Å². The van der Waals surface area contributed by atoms with Gasteiger partial charge in [-0.15, -0.1) is 0 Å². The molecule has 0 radical (unpaired) electrons. The van der Waals surface area contributed by atoms with Crippen molar-refractivity contribution in [2.75, 3.05) is 7.11 Å². The van der Waals surface area contributed by atoms with E-state index in [0.717, 1.165) is 0 Å². The second-order valence-electron chi connectivity index (χ2n) is 4.60. The lowest BCUT2D eigenvalue weighted by molar-refractivity contribution is -0.0788. The molecule has 2 aliphatic rings. The van der Waals surface area contributed by atoms with Crippen LogP contribution in [0.25, 0.3) is 0 Å². The van der Waals surface area contributed by atoms with Crippen molar-refractivity contribution in [3.05, 3.63) is 0 Å². The van der Waals surface area contributed by atoms with Gasteiger partial charge in [-0.3, -0.25) is 0 Å². The third-order valence-corrected chi connectivity index (χ3v) is 3.75. The Hall–Kier alpha value is -0.0800. The first-order chi connectivity index (χ1) is 5.74. The molecular formula is C10H19NO. The van der Waals surface area contributed by atoms with Gasteiger partial charge in [0.15, 0.2) is 0 Å². The number of hydrogen-bond donors (Lipinski definition) is 1. The van der Waals surface area contributed by atoms with Crippen LogP contribution in [0.1, 0.15) is 38.5 Å². The molecule has 0 saturated heterocycles. The molecule has 12 heavy (non-hydrogen) atoms. The van der Waals surface area contributed by atoms with E-state index in [-0.39, 0.29) is 0 Å². The summed E-state index contributed by atoms with van der Waals surface area (Å²) in [7, 11) is 1.83. The predicted octanol–water partition coefficient (Wildman–Crippen LogP) is 1.68. The monoisotopic (exact) mass is 169 g/mol.